The van der Waals surface area contributed by atoms with Crippen molar-refractivity contribution < 1.29 is 28.2 Å². The monoisotopic (exact) mass is 403 g/mol. The summed E-state index contributed by atoms with van der Waals surface area (Å²) in [5.41, 5.74) is 0. The fraction of sp³-hybridized carbons (Fsp3) is 0.810. The predicted molar refractivity (Wildman–Crippen MR) is 104 cm³/mol. The summed E-state index contributed by atoms with van der Waals surface area (Å²) in [4.78, 5) is 24.3. The molecular weight excluding hydrogens is 368 g/mol. The van der Waals surface area contributed by atoms with Gasteiger partial charge in [-0.25, -0.2) is 0 Å². The third-order valence-corrected chi connectivity index (χ3v) is 5.32. The summed E-state index contributed by atoms with van der Waals surface area (Å²) in [6.07, 6.45) is 7.95. The van der Waals surface area contributed by atoms with Crippen LogP contribution >= 0.6 is 0 Å². The average molecular weight is 404 g/mol. The molecule has 3 unspecified atom stereocenters. The first kappa shape index (κ1) is 24.5. The zero-order valence-corrected chi connectivity index (χ0v) is 17.3. The molecule has 162 valence electrons. The number of ether oxygens (including phenoxy) is 1. The molecule has 0 radical (unpaired) electrons. The molecule has 0 aromatic rings. The fourth-order valence-electron chi connectivity index (χ4n) is 3.40. The summed E-state index contributed by atoms with van der Waals surface area (Å²) in [5, 5.41) is 10.2. The van der Waals surface area contributed by atoms with Crippen molar-refractivity contribution >= 4 is 11.9 Å². The first-order valence-electron chi connectivity index (χ1n) is 10.3. The van der Waals surface area contributed by atoms with E-state index in [2.05, 4.69) is 11.7 Å². The lowest BCUT2D eigenvalue weighted by Crippen LogP contribution is -2.36. The molecule has 0 bridgehead atoms. The number of alkyl halides is 2. The summed E-state index contributed by atoms with van der Waals surface area (Å²) < 4.78 is 32.4. The summed E-state index contributed by atoms with van der Waals surface area (Å²) in [6, 6.07) is -0.689. The highest BCUT2D eigenvalue weighted by Crippen LogP contribution is 2.34. The van der Waals surface area contributed by atoms with E-state index in [0.717, 1.165) is 32.1 Å². The Bertz CT molecular complexity index is 525. The molecule has 1 amide bonds. The maximum Gasteiger partial charge on any atom is 0.327 e. The minimum absolute atomic E-state index is 0.0528. The van der Waals surface area contributed by atoms with Crippen molar-refractivity contribution in [1.29, 1.82) is 0 Å². The first-order chi connectivity index (χ1) is 13.2. The number of amides is 1. The molecule has 1 saturated heterocycles. The molecular formula is C21H35F2NO4. The second-order valence-electron chi connectivity index (χ2n) is 7.71. The molecule has 1 aliphatic rings. The minimum atomic E-state index is -3.35. The molecule has 0 saturated carbocycles. The molecule has 0 aromatic carbocycles. The van der Waals surface area contributed by atoms with Gasteiger partial charge in [-0.05, 0) is 25.2 Å². The number of likely N-dealkylation sites (tertiary alicyclic amines) is 1. The molecule has 1 heterocycles. The fourth-order valence-corrected chi connectivity index (χ4v) is 3.40. The van der Waals surface area contributed by atoms with E-state index >= 15 is 0 Å². The Kier molecular flexibility index (Phi) is 10.6. The number of methoxy groups -OCH3 is 1. The Labute approximate surface area is 167 Å². The van der Waals surface area contributed by atoms with Crippen LogP contribution in [0.25, 0.3) is 0 Å². The number of carbonyl (C=O) groups is 2. The van der Waals surface area contributed by atoms with Crippen LogP contribution < -0.4 is 0 Å². The van der Waals surface area contributed by atoms with Crippen LogP contribution in [-0.4, -0.2) is 53.6 Å². The van der Waals surface area contributed by atoms with Crippen LogP contribution in [0.1, 0.15) is 71.6 Å². The average Bonchev–Trinajstić information content (AvgIpc) is 2.89. The maximum atomic E-state index is 13.9. The zero-order valence-electron chi connectivity index (χ0n) is 17.3. The van der Waals surface area contributed by atoms with Crippen LogP contribution in [0, 0.1) is 5.92 Å². The van der Waals surface area contributed by atoms with Crippen molar-refractivity contribution in [2.75, 3.05) is 13.7 Å². The quantitative estimate of drug-likeness (QED) is 0.286. The molecule has 0 spiro atoms. The molecule has 3 atom stereocenters. The number of carbonyl (C=O) groups excluding carboxylic acids is 2. The minimum Gasteiger partial charge on any atom is -0.469 e. The first-order valence-corrected chi connectivity index (χ1v) is 10.3. The summed E-state index contributed by atoms with van der Waals surface area (Å²) in [6.45, 7) is 4.27. The molecule has 1 aliphatic heterocycles. The van der Waals surface area contributed by atoms with E-state index in [1.54, 1.807) is 12.2 Å². The Hall–Kier alpha value is -1.50. The molecule has 7 heteroatoms. The van der Waals surface area contributed by atoms with E-state index < -0.39 is 30.4 Å². The van der Waals surface area contributed by atoms with Gasteiger partial charge in [0.2, 0.25) is 0 Å². The summed E-state index contributed by atoms with van der Waals surface area (Å²) >= 11 is 0. The second kappa shape index (κ2) is 12.1. The summed E-state index contributed by atoms with van der Waals surface area (Å²) in [7, 11) is 1.34. The van der Waals surface area contributed by atoms with Gasteiger partial charge in [0.1, 0.15) is 0 Å². The van der Waals surface area contributed by atoms with Gasteiger partial charge in [0.05, 0.1) is 19.3 Å². The number of rotatable bonds is 13. The van der Waals surface area contributed by atoms with Crippen LogP contribution in [0.2, 0.25) is 0 Å². The highest BCUT2D eigenvalue weighted by Gasteiger charge is 2.52. The van der Waals surface area contributed by atoms with Crippen molar-refractivity contribution in [1.82, 2.24) is 4.90 Å². The highest BCUT2D eigenvalue weighted by molar-refractivity contribution is 5.86. The van der Waals surface area contributed by atoms with E-state index in [0.29, 0.717) is 19.3 Å². The SMILES string of the molecule is CCCCC(C)C(O)C=CC1CC(F)(F)C(=O)N1CCCCCCC(=O)OC. The summed E-state index contributed by atoms with van der Waals surface area (Å²) in [5.74, 6) is -4.69. The number of aliphatic hydroxyl groups is 1. The van der Waals surface area contributed by atoms with E-state index in [4.69, 9.17) is 0 Å². The van der Waals surface area contributed by atoms with Crippen molar-refractivity contribution in [3.63, 3.8) is 0 Å². The Morgan fingerprint density at radius 3 is 2.64 bits per heavy atom. The van der Waals surface area contributed by atoms with E-state index in [1.165, 1.54) is 12.0 Å². The van der Waals surface area contributed by atoms with Gasteiger partial charge >= 0.3 is 11.9 Å². The van der Waals surface area contributed by atoms with Gasteiger partial charge in [-0.3, -0.25) is 9.59 Å². The van der Waals surface area contributed by atoms with Gasteiger partial charge in [-0.2, -0.15) is 8.78 Å². The van der Waals surface area contributed by atoms with Crippen LogP contribution in [0.5, 0.6) is 0 Å². The van der Waals surface area contributed by atoms with Crippen molar-refractivity contribution in [3.05, 3.63) is 12.2 Å². The third kappa shape index (κ3) is 7.86. The predicted octanol–water partition coefficient (Wildman–Crippen LogP) is 4.09. The second-order valence-corrected chi connectivity index (χ2v) is 7.71. The smallest absolute Gasteiger partial charge is 0.327 e. The molecule has 1 N–H and O–H groups in total. The van der Waals surface area contributed by atoms with Gasteiger partial charge < -0.3 is 14.7 Å². The van der Waals surface area contributed by atoms with E-state index in [1.807, 2.05) is 6.92 Å². The van der Waals surface area contributed by atoms with Gasteiger partial charge in [-0.15, -0.1) is 0 Å². The van der Waals surface area contributed by atoms with E-state index in [9.17, 15) is 23.5 Å². The highest BCUT2D eigenvalue weighted by atomic mass is 19.3. The van der Waals surface area contributed by atoms with Crippen LogP contribution in [-0.2, 0) is 14.3 Å². The Morgan fingerprint density at radius 1 is 1.32 bits per heavy atom. The largest absolute Gasteiger partial charge is 0.469 e. The third-order valence-electron chi connectivity index (χ3n) is 5.32. The molecule has 0 aromatic heterocycles. The maximum absolute atomic E-state index is 13.9. The molecule has 0 aliphatic carbocycles. The van der Waals surface area contributed by atoms with Crippen molar-refractivity contribution in [2.45, 2.75) is 89.7 Å². The Balaban J connectivity index is 2.52. The molecule has 28 heavy (non-hydrogen) atoms. The van der Waals surface area contributed by atoms with Crippen LogP contribution in [0.3, 0.4) is 0 Å². The van der Waals surface area contributed by atoms with Gasteiger partial charge in [0.25, 0.3) is 5.91 Å². The number of nitrogens with zero attached hydrogens (tertiary/aromatic N) is 1. The standard InChI is InChI=1S/C21H35F2NO4/c1-4-5-10-16(2)18(25)13-12-17-15-21(22,23)20(27)24(17)14-9-7-6-8-11-19(26)28-3/h12-13,16-18,25H,4-11,14-15H2,1-3H3. The number of halogens is 2. The van der Waals surface area contributed by atoms with Gasteiger partial charge in [0, 0.05) is 19.4 Å². The number of unbranched alkanes of at least 4 members (excludes halogenated alkanes) is 4. The lowest BCUT2D eigenvalue weighted by Gasteiger charge is -2.22. The molecule has 5 nitrogen and oxygen atoms in total. The van der Waals surface area contributed by atoms with Gasteiger partial charge in [-0.1, -0.05) is 51.7 Å². The lowest BCUT2D eigenvalue weighted by atomic mass is 9.97. The number of hydrogen-bond donors (Lipinski definition) is 1. The van der Waals surface area contributed by atoms with Gasteiger partial charge in [0.15, 0.2) is 0 Å². The number of esters is 1. The van der Waals surface area contributed by atoms with Crippen LogP contribution in [0.4, 0.5) is 8.78 Å². The lowest BCUT2D eigenvalue weighted by molar-refractivity contribution is -0.148. The zero-order chi connectivity index (χ0) is 21.2. The number of hydrogen-bond acceptors (Lipinski definition) is 4. The normalized spacial score (nSPS) is 21.3. The molecule has 1 fully saturated rings. The Morgan fingerprint density at radius 2 is 2.00 bits per heavy atom. The topological polar surface area (TPSA) is 66.8 Å². The van der Waals surface area contributed by atoms with Crippen molar-refractivity contribution in [2.24, 2.45) is 5.92 Å². The van der Waals surface area contributed by atoms with Crippen molar-refractivity contribution in [3.8, 4) is 0 Å². The molecule has 1 rings (SSSR count). The number of aliphatic hydroxyl groups excluding tert-OH is 1. The van der Waals surface area contributed by atoms with Crippen LogP contribution in [0.15, 0.2) is 12.2 Å². The van der Waals surface area contributed by atoms with E-state index in [-0.39, 0.29) is 18.4 Å².